The predicted molar refractivity (Wildman–Crippen MR) is 72.6 cm³/mol. The molecule has 0 aromatic heterocycles. The molecule has 0 bridgehead atoms. The first kappa shape index (κ1) is 13.8. The molecule has 5 heteroatoms. The van der Waals surface area contributed by atoms with Crippen LogP contribution in [0, 0.1) is 5.82 Å². The minimum absolute atomic E-state index is 0.0533. The number of benzene rings is 2. The molecule has 0 aliphatic carbocycles. The largest absolute Gasteiger partial charge is 0.485 e. The van der Waals surface area contributed by atoms with Gasteiger partial charge in [-0.3, -0.25) is 4.79 Å². The van der Waals surface area contributed by atoms with Crippen LogP contribution in [-0.2, 0) is 6.61 Å². The fraction of sp³-hybridized carbons (Fsp3) is 0.0714. The van der Waals surface area contributed by atoms with Crippen molar-refractivity contribution in [3.63, 3.8) is 0 Å². The number of ether oxygens (including phenoxy) is 1. The van der Waals surface area contributed by atoms with Gasteiger partial charge in [0.05, 0.1) is 5.56 Å². The van der Waals surface area contributed by atoms with Crippen LogP contribution in [0.25, 0.3) is 0 Å². The maximum absolute atomic E-state index is 13.6. The van der Waals surface area contributed by atoms with Gasteiger partial charge in [-0.2, -0.15) is 0 Å². The number of para-hydroxylation sites is 1. The number of hydrogen-bond donors (Lipinski definition) is 0. The van der Waals surface area contributed by atoms with Gasteiger partial charge in [-0.25, -0.2) is 4.39 Å². The van der Waals surface area contributed by atoms with Gasteiger partial charge >= 0.3 is 0 Å². The van der Waals surface area contributed by atoms with Crippen LogP contribution in [-0.4, -0.2) is 6.29 Å². The molecular weight excluding hydrogens is 290 g/mol. The van der Waals surface area contributed by atoms with Crippen molar-refractivity contribution in [3.05, 3.63) is 63.4 Å². The first-order valence-electron chi connectivity index (χ1n) is 5.42. The van der Waals surface area contributed by atoms with Gasteiger partial charge in [0, 0.05) is 15.6 Å². The first-order chi connectivity index (χ1) is 9.11. The predicted octanol–water partition coefficient (Wildman–Crippen LogP) is 4.52. The smallest absolute Gasteiger partial charge is 0.165 e. The molecule has 0 atom stereocenters. The molecule has 0 N–H and O–H groups in total. The molecule has 0 radical (unpaired) electrons. The minimum atomic E-state index is -0.588. The number of halogens is 3. The average molecular weight is 299 g/mol. The van der Waals surface area contributed by atoms with Crippen molar-refractivity contribution in [2.24, 2.45) is 0 Å². The van der Waals surface area contributed by atoms with Crippen LogP contribution in [0.2, 0.25) is 10.0 Å². The van der Waals surface area contributed by atoms with Gasteiger partial charge in [0.1, 0.15) is 6.61 Å². The van der Waals surface area contributed by atoms with Crippen molar-refractivity contribution in [2.75, 3.05) is 0 Å². The summed E-state index contributed by atoms with van der Waals surface area (Å²) in [6, 6.07) is 9.08. The third-order valence-electron chi connectivity index (χ3n) is 2.51. The lowest BCUT2D eigenvalue weighted by atomic mass is 10.2. The van der Waals surface area contributed by atoms with Gasteiger partial charge in [-0.15, -0.1) is 0 Å². The minimum Gasteiger partial charge on any atom is -0.485 e. The third-order valence-corrected chi connectivity index (χ3v) is 3.10. The van der Waals surface area contributed by atoms with Gasteiger partial charge in [0.25, 0.3) is 0 Å². The molecular formula is C14H9Cl2FO2. The molecule has 98 valence electrons. The molecule has 0 aliphatic heterocycles. The molecule has 0 saturated carbocycles. The summed E-state index contributed by atoms with van der Waals surface area (Å²) in [5, 5.41) is 0.935. The van der Waals surface area contributed by atoms with E-state index in [9.17, 15) is 9.18 Å². The van der Waals surface area contributed by atoms with E-state index >= 15 is 0 Å². The van der Waals surface area contributed by atoms with Crippen LogP contribution in [0.5, 0.6) is 5.75 Å². The zero-order chi connectivity index (χ0) is 13.8. The lowest BCUT2D eigenvalue weighted by molar-refractivity contribution is 0.111. The quantitative estimate of drug-likeness (QED) is 0.776. The normalized spacial score (nSPS) is 10.3. The van der Waals surface area contributed by atoms with Crippen molar-refractivity contribution in [3.8, 4) is 5.75 Å². The molecule has 0 spiro atoms. The highest BCUT2D eigenvalue weighted by Gasteiger charge is 2.10. The van der Waals surface area contributed by atoms with Crippen LogP contribution in [0.15, 0.2) is 36.4 Å². The Bertz CT molecular complexity index is 614. The Morgan fingerprint density at radius 1 is 1.21 bits per heavy atom. The van der Waals surface area contributed by atoms with E-state index in [1.165, 1.54) is 18.2 Å². The highest BCUT2D eigenvalue weighted by molar-refractivity contribution is 6.35. The fourth-order valence-electron chi connectivity index (χ4n) is 1.56. The van der Waals surface area contributed by atoms with E-state index in [-0.39, 0.29) is 17.9 Å². The Labute approximate surface area is 119 Å². The van der Waals surface area contributed by atoms with E-state index in [1.54, 1.807) is 18.2 Å². The number of rotatable bonds is 4. The third kappa shape index (κ3) is 3.25. The summed E-state index contributed by atoms with van der Waals surface area (Å²) >= 11 is 11.8. The maximum Gasteiger partial charge on any atom is 0.165 e. The Morgan fingerprint density at radius 2 is 2.00 bits per heavy atom. The summed E-state index contributed by atoms with van der Waals surface area (Å²) in [6.45, 7) is 0.0533. The molecule has 0 unspecified atom stereocenters. The lowest BCUT2D eigenvalue weighted by Crippen LogP contribution is -2.01. The molecule has 0 aliphatic rings. The van der Waals surface area contributed by atoms with Crippen LogP contribution in [0.4, 0.5) is 4.39 Å². The van der Waals surface area contributed by atoms with Crippen molar-refractivity contribution >= 4 is 29.5 Å². The van der Waals surface area contributed by atoms with Gasteiger partial charge in [-0.1, -0.05) is 35.3 Å². The van der Waals surface area contributed by atoms with Crippen molar-refractivity contribution in [1.29, 1.82) is 0 Å². The monoisotopic (exact) mass is 298 g/mol. The molecule has 0 heterocycles. The summed E-state index contributed by atoms with van der Waals surface area (Å²) < 4.78 is 18.9. The van der Waals surface area contributed by atoms with E-state index in [0.717, 1.165) is 0 Å². The van der Waals surface area contributed by atoms with Gasteiger partial charge < -0.3 is 4.74 Å². The van der Waals surface area contributed by atoms with Crippen LogP contribution >= 0.6 is 23.2 Å². The number of aldehydes is 1. The van der Waals surface area contributed by atoms with E-state index < -0.39 is 5.82 Å². The van der Waals surface area contributed by atoms with E-state index in [1.807, 2.05) is 0 Å². The molecule has 2 aromatic carbocycles. The SMILES string of the molecule is O=Cc1cccc(F)c1OCc1ccc(Cl)cc1Cl. The zero-order valence-corrected chi connectivity index (χ0v) is 11.2. The Balaban J connectivity index is 2.21. The summed E-state index contributed by atoms with van der Waals surface area (Å²) in [5.41, 5.74) is 0.816. The van der Waals surface area contributed by atoms with Crippen LogP contribution in [0.3, 0.4) is 0 Å². The molecule has 2 nitrogen and oxygen atoms in total. The summed E-state index contributed by atoms with van der Waals surface area (Å²) in [5.74, 6) is -0.668. The van der Waals surface area contributed by atoms with Crippen molar-refractivity contribution < 1.29 is 13.9 Å². The standard InChI is InChI=1S/C14H9Cl2FO2/c15-11-5-4-10(12(16)6-11)8-19-14-9(7-18)2-1-3-13(14)17/h1-7H,8H2. The second kappa shape index (κ2) is 6.04. The Kier molecular flexibility index (Phi) is 4.40. The van der Waals surface area contributed by atoms with Gasteiger partial charge in [0.2, 0.25) is 0 Å². The molecule has 19 heavy (non-hydrogen) atoms. The number of carbonyl (C=O) groups is 1. The second-order valence-electron chi connectivity index (χ2n) is 3.80. The topological polar surface area (TPSA) is 26.3 Å². The Morgan fingerprint density at radius 3 is 2.68 bits per heavy atom. The maximum atomic E-state index is 13.6. The van der Waals surface area contributed by atoms with Gasteiger partial charge in [-0.05, 0) is 24.3 Å². The van der Waals surface area contributed by atoms with Gasteiger partial charge in [0.15, 0.2) is 17.9 Å². The average Bonchev–Trinajstić information content (AvgIpc) is 2.39. The van der Waals surface area contributed by atoms with Crippen LogP contribution < -0.4 is 4.74 Å². The molecule has 0 amide bonds. The summed E-state index contributed by atoms with van der Waals surface area (Å²) in [4.78, 5) is 10.8. The molecule has 0 saturated heterocycles. The van der Waals surface area contributed by atoms with E-state index in [4.69, 9.17) is 27.9 Å². The van der Waals surface area contributed by atoms with Crippen molar-refractivity contribution in [1.82, 2.24) is 0 Å². The number of hydrogen-bond acceptors (Lipinski definition) is 2. The molecule has 2 rings (SSSR count). The second-order valence-corrected chi connectivity index (χ2v) is 4.64. The first-order valence-corrected chi connectivity index (χ1v) is 6.18. The fourth-order valence-corrected chi connectivity index (χ4v) is 2.02. The molecule has 2 aromatic rings. The van der Waals surface area contributed by atoms with Crippen molar-refractivity contribution in [2.45, 2.75) is 6.61 Å². The Hall–Kier alpha value is -1.58. The van der Waals surface area contributed by atoms with E-state index in [2.05, 4.69) is 0 Å². The lowest BCUT2D eigenvalue weighted by Gasteiger charge is -2.10. The molecule has 0 fully saturated rings. The highest BCUT2D eigenvalue weighted by Crippen LogP contribution is 2.25. The highest BCUT2D eigenvalue weighted by atomic mass is 35.5. The zero-order valence-electron chi connectivity index (χ0n) is 9.70. The number of carbonyl (C=O) groups excluding carboxylic acids is 1. The summed E-state index contributed by atoms with van der Waals surface area (Å²) in [6.07, 6.45) is 0.544. The summed E-state index contributed by atoms with van der Waals surface area (Å²) in [7, 11) is 0. The van der Waals surface area contributed by atoms with E-state index in [0.29, 0.717) is 21.9 Å². The van der Waals surface area contributed by atoms with Crippen LogP contribution in [0.1, 0.15) is 15.9 Å².